The van der Waals surface area contributed by atoms with Crippen molar-refractivity contribution in [2.45, 2.75) is 216 Å². The lowest BCUT2D eigenvalue weighted by atomic mass is 9.35. The van der Waals surface area contributed by atoms with Gasteiger partial charge in [0.25, 0.3) is 0 Å². The number of aliphatic hydroxyl groups is 16. The van der Waals surface area contributed by atoms with Gasteiger partial charge in [0.2, 0.25) is 0 Å². The van der Waals surface area contributed by atoms with Crippen LogP contribution in [-0.4, -0.2) is 250 Å². The molecule has 24 heteroatoms. The van der Waals surface area contributed by atoms with E-state index in [4.69, 9.17) is 33.2 Å². The molecular weight excluding hydrogens is 1020 g/mol. The molecule has 8 rings (SSSR count). The van der Waals surface area contributed by atoms with E-state index in [0.717, 1.165) is 11.1 Å². The number of hydrogen-bond acceptors (Lipinski definition) is 24. The SMILES string of the molecule is C[C@H]1O[C@@H](O[C@H]2CC[C@@]3(C)C(CC[C@]4(C)C3C=CC3=C5C[C@](C)(C(=O)OC[C@@H](O)[C@@H](O)[C@@H](O)CO[C@@H]6O[C@H](CO)[C@@H](O)[C@H](O)[C@H]6O)CC[C@]5(CO)[C@H](O)C[C@]34C)[C@]2(C)CO)[C@H](O)[C@@H](O[C@@H]2O[C@H](CO)[C@@H](O)[C@H](O)[C@H]2O)[C@H]1O. The van der Waals surface area contributed by atoms with E-state index in [1.165, 1.54) is 0 Å². The highest BCUT2D eigenvalue weighted by Crippen LogP contribution is 2.74. The van der Waals surface area contributed by atoms with E-state index < -0.39 is 188 Å². The second-order valence-electron chi connectivity index (χ2n) is 24.9. The number of rotatable bonds is 16. The maximum Gasteiger partial charge on any atom is 0.312 e. The highest BCUT2D eigenvalue weighted by atomic mass is 16.7. The number of carbonyl (C=O) groups excluding carboxylic acids is 1. The van der Waals surface area contributed by atoms with Gasteiger partial charge in [-0.3, -0.25) is 4.79 Å². The maximum atomic E-state index is 14.1. The van der Waals surface area contributed by atoms with Gasteiger partial charge in [0.1, 0.15) is 92.1 Å². The molecule has 0 spiro atoms. The number of ether oxygens (including phenoxy) is 7. The summed E-state index contributed by atoms with van der Waals surface area (Å²) in [6, 6.07) is 0. The second-order valence-corrected chi connectivity index (χ2v) is 24.9. The van der Waals surface area contributed by atoms with Crippen LogP contribution in [0.1, 0.15) is 92.9 Å². The number of fused-ring (bicyclic) bond motifs is 6. The summed E-state index contributed by atoms with van der Waals surface area (Å²) in [5.41, 5.74) is -3.23. The third-order valence-electron chi connectivity index (χ3n) is 20.6. The predicted molar refractivity (Wildman–Crippen MR) is 262 cm³/mol. The first-order valence-corrected chi connectivity index (χ1v) is 27.2. The fraction of sp³-hybridized carbons (Fsp3) is 0.906. The largest absolute Gasteiger partial charge is 0.462 e. The first-order valence-electron chi connectivity index (χ1n) is 27.2. The maximum absolute atomic E-state index is 14.1. The smallest absolute Gasteiger partial charge is 0.312 e. The van der Waals surface area contributed by atoms with Gasteiger partial charge >= 0.3 is 5.97 Å². The Kier molecular flexibility index (Phi) is 18.0. The lowest BCUT2D eigenvalue weighted by Crippen LogP contribution is -2.67. The van der Waals surface area contributed by atoms with Crippen molar-refractivity contribution in [3.63, 3.8) is 0 Å². The van der Waals surface area contributed by atoms with Crippen LogP contribution in [0.25, 0.3) is 0 Å². The molecule has 0 aromatic rings. The Morgan fingerprint density at radius 2 is 1.27 bits per heavy atom. The highest BCUT2D eigenvalue weighted by molar-refractivity contribution is 5.77. The van der Waals surface area contributed by atoms with E-state index >= 15 is 0 Å². The lowest BCUT2D eigenvalue weighted by Gasteiger charge is -2.70. The van der Waals surface area contributed by atoms with Crippen LogP contribution in [0.2, 0.25) is 0 Å². The van der Waals surface area contributed by atoms with Crippen LogP contribution >= 0.6 is 0 Å². The number of aliphatic hydroxyl groups excluding tert-OH is 16. The minimum Gasteiger partial charge on any atom is -0.462 e. The summed E-state index contributed by atoms with van der Waals surface area (Å²) in [7, 11) is 0. The molecule has 2 unspecified atom stereocenters. The Bertz CT molecular complexity index is 2130. The molecule has 0 bridgehead atoms. The van der Waals surface area contributed by atoms with Crippen LogP contribution in [0.5, 0.6) is 0 Å². The van der Waals surface area contributed by atoms with Gasteiger partial charge in [-0.1, -0.05) is 45.4 Å². The number of esters is 1. The normalized spacial score (nSPS) is 51.1. The standard InChI is InChI=1S/C53H86O24/c1-23-34(61)43(77-45-41(68)39(66)37(64)29(18-55)75-45)42(69)46(73-23)76-33-10-11-49(3)30(50(33,4)21-56)9-12-51(5)31(49)8-7-24-25-15-48(2,13-14-53(25,22-57)32(60)16-52(24,51)6)47(70)72-20-27(59)35(62)26(58)19-71-44-40(67)38(65)36(63)28(17-54)74-44/h7-8,23,26-46,54-69H,9-22H2,1-6H3/t23-,26+,27-,28-,29-,30?,31?,32-,33+,34+,35+,36-,37-,38+,39+,40-,41-,42-,43+,44-,45+,46+,48-,49+,50+,51-,52-,53-/m1/s1. The van der Waals surface area contributed by atoms with Gasteiger partial charge in [0.15, 0.2) is 18.9 Å². The molecule has 6 fully saturated rings. The first-order chi connectivity index (χ1) is 36.1. The zero-order valence-corrected chi connectivity index (χ0v) is 44.7. The minimum absolute atomic E-state index is 0.0916. The Morgan fingerprint density at radius 1 is 0.675 bits per heavy atom. The molecule has 0 amide bonds. The quantitative estimate of drug-likeness (QED) is 0.0519. The van der Waals surface area contributed by atoms with Gasteiger partial charge in [-0.2, -0.15) is 0 Å². The van der Waals surface area contributed by atoms with E-state index in [0.29, 0.717) is 32.1 Å². The van der Waals surface area contributed by atoms with Gasteiger partial charge in [-0.25, -0.2) is 0 Å². The topological polar surface area (TPSA) is 405 Å². The Morgan fingerprint density at radius 3 is 1.88 bits per heavy atom. The molecule has 442 valence electrons. The van der Waals surface area contributed by atoms with Crippen LogP contribution in [0, 0.1) is 44.3 Å². The van der Waals surface area contributed by atoms with Gasteiger partial charge < -0.3 is 115 Å². The van der Waals surface area contributed by atoms with Crippen molar-refractivity contribution in [1.82, 2.24) is 0 Å². The Hall–Kier alpha value is -1.93. The van der Waals surface area contributed by atoms with Crippen molar-refractivity contribution in [3.05, 3.63) is 23.3 Å². The fourth-order valence-electron chi connectivity index (χ4n) is 15.3. The predicted octanol–water partition coefficient (Wildman–Crippen LogP) is -3.90. The van der Waals surface area contributed by atoms with Crippen LogP contribution in [0.4, 0.5) is 0 Å². The van der Waals surface area contributed by atoms with Gasteiger partial charge in [0.05, 0.1) is 56.8 Å². The average Bonchev–Trinajstić information content (AvgIpc) is 3.55. The molecule has 0 radical (unpaired) electrons. The molecule has 5 aliphatic carbocycles. The summed E-state index contributed by atoms with van der Waals surface area (Å²) in [6.45, 7) is 8.19. The lowest BCUT2D eigenvalue weighted by molar-refractivity contribution is -0.367. The Balaban J connectivity index is 0.974. The summed E-state index contributed by atoms with van der Waals surface area (Å²) in [5, 5.41) is 171. The van der Waals surface area contributed by atoms with Gasteiger partial charge in [0, 0.05) is 16.2 Å². The molecular formula is C53H86O24. The molecule has 28 atom stereocenters. The van der Waals surface area contributed by atoms with Gasteiger partial charge in [-0.15, -0.1) is 0 Å². The van der Waals surface area contributed by atoms with Crippen LogP contribution < -0.4 is 0 Å². The average molecular weight is 1110 g/mol. The summed E-state index contributed by atoms with van der Waals surface area (Å²) in [5.74, 6) is -0.991. The molecule has 77 heavy (non-hydrogen) atoms. The number of carbonyl (C=O) groups is 1. The zero-order chi connectivity index (χ0) is 56.7. The summed E-state index contributed by atoms with van der Waals surface area (Å²) in [6.07, 6.45) is -23.1. The van der Waals surface area contributed by atoms with Gasteiger partial charge in [-0.05, 0) is 93.5 Å². The van der Waals surface area contributed by atoms with Crippen molar-refractivity contribution >= 4 is 5.97 Å². The molecule has 24 nitrogen and oxygen atoms in total. The van der Waals surface area contributed by atoms with Crippen LogP contribution in [0.3, 0.4) is 0 Å². The van der Waals surface area contributed by atoms with Crippen molar-refractivity contribution in [2.75, 3.05) is 39.6 Å². The van der Waals surface area contributed by atoms with E-state index in [9.17, 15) is 86.5 Å². The molecule has 3 saturated heterocycles. The third kappa shape index (κ3) is 10.1. The molecule has 3 aliphatic heterocycles. The monoisotopic (exact) mass is 1110 g/mol. The summed E-state index contributed by atoms with van der Waals surface area (Å²) in [4.78, 5) is 14.1. The van der Waals surface area contributed by atoms with Crippen molar-refractivity contribution in [3.8, 4) is 0 Å². The molecule has 16 N–H and O–H groups in total. The first kappa shape index (κ1) is 61.1. The van der Waals surface area contributed by atoms with Crippen molar-refractivity contribution in [2.24, 2.45) is 44.3 Å². The molecule has 3 saturated carbocycles. The molecule has 3 heterocycles. The van der Waals surface area contributed by atoms with E-state index in [-0.39, 0.29) is 44.3 Å². The fourth-order valence-corrected chi connectivity index (χ4v) is 15.3. The highest BCUT2D eigenvalue weighted by Gasteiger charge is 2.69. The molecule has 0 aromatic heterocycles. The van der Waals surface area contributed by atoms with E-state index in [1.807, 2.05) is 6.92 Å². The van der Waals surface area contributed by atoms with Crippen LogP contribution in [0.15, 0.2) is 23.3 Å². The third-order valence-corrected chi connectivity index (χ3v) is 20.6. The van der Waals surface area contributed by atoms with E-state index in [1.54, 1.807) is 13.8 Å². The molecule has 0 aromatic carbocycles. The minimum atomic E-state index is -1.93. The Labute approximate surface area is 447 Å². The van der Waals surface area contributed by atoms with Crippen molar-refractivity contribution in [1.29, 1.82) is 0 Å². The van der Waals surface area contributed by atoms with Crippen LogP contribution in [-0.2, 0) is 38.0 Å². The van der Waals surface area contributed by atoms with E-state index in [2.05, 4.69) is 32.9 Å². The summed E-state index contributed by atoms with van der Waals surface area (Å²) >= 11 is 0. The number of hydrogen-bond donors (Lipinski definition) is 16. The number of allylic oxidation sites excluding steroid dienone is 3. The van der Waals surface area contributed by atoms with Crippen molar-refractivity contribution < 1.29 is 120 Å². The zero-order valence-electron chi connectivity index (χ0n) is 44.7. The summed E-state index contributed by atoms with van der Waals surface area (Å²) < 4.78 is 40.3. The second kappa shape index (κ2) is 22.7. The molecule has 8 aliphatic rings.